The fourth-order valence-corrected chi connectivity index (χ4v) is 1.77. The molecule has 0 unspecified atom stereocenters. The normalized spacial score (nSPS) is 9.68. The van der Waals surface area contributed by atoms with Crippen LogP contribution < -0.4 is 9.47 Å². The molecular weight excluding hydrogens is 238 g/mol. The number of nitrogens with zero attached hydrogens (tertiary/aromatic N) is 1. The van der Waals surface area contributed by atoms with Gasteiger partial charge in [-0.25, -0.2) is 0 Å². The Balaban J connectivity index is 2.11. The Morgan fingerprint density at radius 1 is 1.00 bits per heavy atom. The van der Waals surface area contributed by atoms with Crippen LogP contribution >= 0.6 is 0 Å². The molecule has 0 bridgehead atoms. The minimum atomic E-state index is 0.346. The number of nitriles is 1. The second kappa shape index (κ2) is 6.46. The zero-order valence-corrected chi connectivity index (χ0v) is 10.8. The van der Waals surface area contributed by atoms with E-state index in [1.807, 2.05) is 48.5 Å². The average molecular weight is 253 g/mol. The van der Waals surface area contributed by atoms with E-state index in [1.165, 1.54) is 0 Å². The lowest BCUT2D eigenvalue weighted by atomic mass is 10.1. The highest BCUT2D eigenvalue weighted by molar-refractivity contribution is 5.39. The molecule has 0 spiro atoms. The van der Waals surface area contributed by atoms with E-state index in [2.05, 4.69) is 6.07 Å². The van der Waals surface area contributed by atoms with E-state index in [0.29, 0.717) is 24.5 Å². The maximum Gasteiger partial charge on any atom is 0.123 e. The molecule has 0 aliphatic heterocycles. The van der Waals surface area contributed by atoms with E-state index in [9.17, 15) is 0 Å². The second-order valence-electron chi connectivity index (χ2n) is 4.13. The molecule has 0 saturated carbocycles. The van der Waals surface area contributed by atoms with Gasteiger partial charge in [0.05, 0.1) is 19.6 Å². The lowest BCUT2D eigenvalue weighted by Gasteiger charge is -2.09. The maximum absolute atomic E-state index is 8.75. The van der Waals surface area contributed by atoms with E-state index in [0.717, 1.165) is 11.1 Å². The summed E-state index contributed by atoms with van der Waals surface area (Å²) in [7, 11) is 1.60. The fourth-order valence-electron chi connectivity index (χ4n) is 1.77. The summed E-state index contributed by atoms with van der Waals surface area (Å²) in [6.45, 7) is 0.500. The van der Waals surface area contributed by atoms with Crippen LogP contribution in [0.4, 0.5) is 0 Å². The van der Waals surface area contributed by atoms with Gasteiger partial charge in [-0.1, -0.05) is 30.3 Å². The first-order valence-electron chi connectivity index (χ1n) is 6.03. The zero-order valence-electron chi connectivity index (χ0n) is 10.8. The highest BCUT2D eigenvalue weighted by atomic mass is 16.5. The van der Waals surface area contributed by atoms with Gasteiger partial charge in [-0.05, 0) is 23.3 Å². The molecular formula is C16H15NO2. The number of methoxy groups -OCH3 is 1. The lowest BCUT2D eigenvalue weighted by molar-refractivity contribution is 0.303. The van der Waals surface area contributed by atoms with Gasteiger partial charge in [0.2, 0.25) is 0 Å². The zero-order chi connectivity index (χ0) is 13.5. The van der Waals surface area contributed by atoms with E-state index in [-0.39, 0.29) is 0 Å². The molecule has 0 aliphatic carbocycles. The summed E-state index contributed by atoms with van der Waals surface area (Å²) in [5.74, 6) is 1.42. The van der Waals surface area contributed by atoms with Gasteiger partial charge in [0.25, 0.3) is 0 Å². The largest absolute Gasteiger partial charge is 0.497 e. The number of rotatable bonds is 5. The molecule has 0 aromatic heterocycles. The van der Waals surface area contributed by atoms with Crippen molar-refractivity contribution >= 4 is 0 Å². The van der Waals surface area contributed by atoms with Gasteiger partial charge in [-0.3, -0.25) is 0 Å². The van der Waals surface area contributed by atoms with E-state index in [1.54, 1.807) is 7.11 Å². The third-order valence-corrected chi connectivity index (χ3v) is 2.71. The minimum absolute atomic E-state index is 0.346. The molecule has 2 rings (SSSR count). The van der Waals surface area contributed by atoms with Crippen molar-refractivity contribution in [1.29, 1.82) is 5.26 Å². The molecule has 0 heterocycles. The summed E-state index contributed by atoms with van der Waals surface area (Å²) in [6.07, 6.45) is 0.346. The van der Waals surface area contributed by atoms with Crippen molar-refractivity contribution in [2.75, 3.05) is 7.11 Å². The van der Waals surface area contributed by atoms with Crippen LogP contribution in [0.1, 0.15) is 11.1 Å². The highest BCUT2D eigenvalue weighted by Crippen LogP contribution is 2.23. The molecule has 19 heavy (non-hydrogen) atoms. The average Bonchev–Trinajstić information content (AvgIpc) is 2.46. The summed E-state index contributed by atoms with van der Waals surface area (Å²) >= 11 is 0. The first-order valence-corrected chi connectivity index (χ1v) is 6.03. The summed E-state index contributed by atoms with van der Waals surface area (Å²) in [4.78, 5) is 0. The molecule has 2 aromatic carbocycles. The van der Waals surface area contributed by atoms with E-state index in [4.69, 9.17) is 14.7 Å². The predicted molar refractivity (Wildman–Crippen MR) is 73.1 cm³/mol. The minimum Gasteiger partial charge on any atom is -0.497 e. The first-order chi connectivity index (χ1) is 9.31. The summed E-state index contributed by atoms with van der Waals surface area (Å²) in [6, 6.07) is 17.6. The van der Waals surface area contributed by atoms with Crippen LogP contribution in [0.3, 0.4) is 0 Å². The van der Waals surface area contributed by atoms with Crippen LogP contribution in [0, 0.1) is 11.3 Å². The maximum atomic E-state index is 8.75. The molecule has 3 heteroatoms. The van der Waals surface area contributed by atoms with Crippen LogP contribution in [-0.4, -0.2) is 7.11 Å². The molecule has 0 amide bonds. The summed E-state index contributed by atoms with van der Waals surface area (Å²) in [5.41, 5.74) is 2.00. The van der Waals surface area contributed by atoms with Gasteiger partial charge in [0.15, 0.2) is 0 Å². The monoisotopic (exact) mass is 253 g/mol. The number of benzene rings is 2. The van der Waals surface area contributed by atoms with Crippen LogP contribution in [0.2, 0.25) is 0 Å². The van der Waals surface area contributed by atoms with Crippen molar-refractivity contribution in [3.8, 4) is 17.6 Å². The Kier molecular flexibility index (Phi) is 4.41. The second-order valence-corrected chi connectivity index (χ2v) is 4.13. The Hall–Kier alpha value is -2.47. The lowest BCUT2D eigenvalue weighted by Crippen LogP contribution is -1.97. The van der Waals surface area contributed by atoms with Gasteiger partial charge in [0.1, 0.15) is 18.1 Å². The Morgan fingerprint density at radius 2 is 1.74 bits per heavy atom. The van der Waals surface area contributed by atoms with Gasteiger partial charge in [-0.15, -0.1) is 0 Å². The van der Waals surface area contributed by atoms with E-state index < -0.39 is 0 Å². The molecule has 0 radical (unpaired) electrons. The quantitative estimate of drug-likeness (QED) is 0.820. The van der Waals surface area contributed by atoms with Crippen molar-refractivity contribution in [2.45, 2.75) is 13.0 Å². The van der Waals surface area contributed by atoms with Crippen molar-refractivity contribution < 1.29 is 9.47 Å². The number of hydrogen-bond donors (Lipinski definition) is 0. The van der Waals surface area contributed by atoms with Crippen molar-refractivity contribution in [3.05, 3.63) is 59.7 Å². The van der Waals surface area contributed by atoms with Crippen LogP contribution in [-0.2, 0) is 13.0 Å². The standard InChI is InChI=1S/C16H15NO2/c1-18-15-9-14(7-8-17)10-16(11-15)19-12-13-5-3-2-4-6-13/h2-6,9-11H,7,12H2,1H3. The van der Waals surface area contributed by atoms with Gasteiger partial charge >= 0.3 is 0 Å². The summed E-state index contributed by atoms with van der Waals surface area (Å²) < 4.78 is 10.9. The third-order valence-electron chi connectivity index (χ3n) is 2.71. The molecule has 0 atom stereocenters. The SMILES string of the molecule is COc1cc(CC#N)cc(OCc2ccccc2)c1. The molecule has 3 nitrogen and oxygen atoms in total. The molecule has 96 valence electrons. The number of ether oxygens (including phenoxy) is 2. The van der Waals surface area contributed by atoms with Gasteiger partial charge in [0, 0.05) is 6.07 Å². The topological polar surface area (TPSA) is 42.2 Å². The highest BCUT2D eigenvalue weighted by Gasteiger charge is 2.03. The van der Waals surface area contributed by atoms with Crippen molar-refractivity contribution in [3.63, 3.8) is 0 Å². The Labute approximate surface area is 113 Å². The summed E-state index contributed by atoms with van der Waals surface area (Å²) in [5, 5.41) is 8.75. The molecule has 0 N–H and O–H groups in total. The molecule has 0 saturated heterocycles. The third kappa shape index (κ3) is 3.75. The predicted octanol–water partition coefficient (Wildman–Crippen LogP) is 3.34. The fraction of sp³-hybridized carbons (Fsp3) is 0.188. The first kappa shape index (κ1) is 13.0. The van der Waals surface area contributed by atoms with Crippen molar-refractivity contribution in [1.82, 2.24) is 0 Å². The van der Waals surface area contributed by atoms with E-state index >= 15 is 0 Å². The Bertz CT molecular complexity index is 573. The molecule has 2 aromatic rings. The van der Waals surface area contributed by atoms with Crippen molar-refractivity contribution in [2.24, 2.45) is 0 Å². The van der Waals surface area contributed by atoms with Gasteiger partial charge < -0.3 is 9.47 Å². The van der Waals surface area contributed by atoms with Crippen LogP contribution in [0.25, 0.3) is 0 Å². The van der Waals surface area contributed by atoms with Gasteiger partial charge in [-0.2, -0.15) is 5.26 Å². The molecule has 0 fully saturated rings. The number of hydrogen-bond acceptors (Lipinski definition) is 3. The smallest absolute Gasteiger partial charge is 0.123 e. The van der Waals surface area contributed by atoms with Crippen LogP contribution in [0.15, 0.2) is 48.5 Å². The molecule has 0 aliphatic rings. The Morgan fingerprint density at radius 3 is 2.42 bits per heavy atom. The van der Waals surface area contributed by atoms with Crippen LogP contribution in [0.5, 0.6) is 11.5 Å².